The molecule has 0 atom stereocenters. The average Bonchev–Trinajstić information content (AvgIpc) is 2.30. The molecule has 1 aromatic heterocycles. The molecule has 0 fully saturated rings. The second-order valence-corrected chi connectivity index (χ2v) is 3.58. The van der Waals surface area contributed by atoms with Crippen LogP contribution in [0.2, 0.25) is 0 Å². The molecule has 0 saturated heterocycles. The summed E-state index contributed by atoms with van der Waals surface area (Å²) in [6.45, 7) is 2.00. The lowest BCUT2D eigenvalue weighted by molar-refractivity contribution is 0.0690. The highest BCUT2D eigenvalue weighted by atomic mass is 16.4. The molecular weight excluding hydrogens is 202 g/mol. The van der Waals surface area contributed by atoms with Crippen molar-refractivity contribution in [2.75, 3.05) is 0 Å². The van der Waals surface area contributed by atoms with Crippen molar-refractivity contribution in [2.45, 2.75) is 6.92 Å². The number of benzene rings is 1. The van der Waals surface area contributed by atoms with Crippen LogP contribution < -0.4 is 0 Å². The van der Waals surface area contributed by atoms with Gasteiger partial charge in [0.1, 0.15) is 5.69 Å². The van der Waals surface area contributed by atoms with Gasteiger partial charge in [0, 0.05) is 5.56 Å². The third-order valence-electron chi connectivity index (χ3n) is 2.32. The summed E-state index contributed by atoms with van der Waals surface area (Å²) >= 11 is 0. The zero-order valence-corrected chi connectivity index (χ0v) is 8.84. The monoisotopic (exact) mass is 213 g/mol. The van der Waals surface area contributed by atoms with E-state index < -0.39 is 5.97 Å². The summed E-state index contributed by atoms with van der Waals surface area (Å²) in [6.07, 6.45) is 0. The first-order valence-electron chi connectivity index (χ1n) is 4.94. The van der Waals surface area contributed by atoms with Crippen LogP contribution >= 0.6 is 0 Å². The van der Waals surface area contributed by atoms with Crippen LogP contribution in [0.4, 0.5) is 0 Å². The number of aromatic carboxylic acids is 1. The van der Waals surface area contributed by atoms with Gasteiger partial charge < -0.3 is 5.11 Å². The van der Waals surface area contributed by atoms with Crippen LogP contribution in [-0.4, -0.2) is 16.1 Å². The predicted octanol–water partition coefficient (Wildman–Crippen LogP) is 2.76. The van der Waals surface area contributed by atoms with Crippen molar-refractivity contribution in [1.29, 1.82) is 0 Å². The van der Waals surface area contributed by atoms with E-state index in [1.54, 1.807) is 12.1 Å². The van der Waals surface area contributed by atoms with Crippen LogP contribution in [0.15, 0.2) is 42.5 Å². The quantitative estimate of drug-likeness (QED) is 0.834. The van der Waals surface area contributed by atoms with Crippen LogP contribution in [0.1, 0.15) is 16.1 Å². The zero-order chi connectivity index (χ0) is 11.5. The number of aryl methyl sites for hydroxylation is 1. The molecule has 3 nitrogen and oxygen atoms in total. The minimum absolute atomic E-state index is 0.0677. The van der Waals surface area contributed by atoms with Crippen molar-refractivity contribution in [3.8, 4) is 11.3 Å². The van der Waals surface area contributed by atoms with E-state index in [-0.39, 0.29) is 5.69 Å². The number of aromatic nitrogens is 1. The molecule has 1 heterocycles. The Labute approximate surface area is 93.4 Å². The second-order valence-electron chi connectivity index (χ2n) is 3.58. The van der Waals surface area contributed by atoms with E-state index in [0.717, 1.165) is 11.1 Å². The van der Waals surface area contributed by atoms with Crippen LogP contribution in [-0.2, 0) is 0 Å². The number of nitrogens with zero attached hydrogens (tertiary/aromatic N) is 1. The maximum Gasteiger partial charge on any atom is 0.354 e. The highest BCUT2D eigenvalue weighted by Gasteiger charge is 2.05. The van der Waals surface area contributed by atoms with Gasteiger partial charge in [0.2, 0.25) is 0 Å². The maximum absolute atomic E-state index is 10.8. The lowest BCUT2D eigenvalue weighted by Gasteiger charge is -2.02. The van der Waals surface area contributed by atoms with Crippen molar-refractivity contribution in [2.24, 2.45) is 0 Å². The van der Waals surface area contributed by atoms with Crippen LogP contribution in [0, 0.1) is 6.92 Å². The van der Waals surface area contributed by atoms with E-state index in [2.05, 4.69) is 4.98 Å². The number of rotatable bonds is 2. The Morgan fingerprint density at radius 3 is 2.44 bits per heavy atom. The summed E-state index contributed by atoms with van der Waals surface area (Å²) in [5, 5.41) is 8.84. The predicted molar refractivity (Wildman–Crippen MR) is 61.4 cm³/mol. The molecule has 0 amide bonds. The first-order valence-corrected chi connectivity index (χ1v) is 4.94. The van der Waals surface area contributed by atoms with Crippen molar-refractivity contribution >= 4 is 5.97 Å². The molecule has 80 valence electrons. The molecule has 1 N–H and O–H groups in total. The molecule has 16 heavy (non-hydrogen) atoms. The Bertz CT molecular complexity index is 518. The van der Waals surface area contributed by atoms with Gasteiger partial charge in [-0.15, -0.1) is 0 Å². The fourth-order valence-electron chi connectivity index (χ4n) is 1.44. The summed E-state index contributed by atoms with van der Waals surface area (Å²) in [7, 11) is 0. The molecule has 2 rings (SSSR count). The SMILES string of the molecule is Cc1ccc(-c2cccc(C(=O)O)n2)cc1. The van der Waals surface area contributed by atoms with Gasteiger partial charge in [-0.25, -0.2) is 9.78 Å². The number of carboxylic acid groups (broad SMARTS) is 1. The molecule has 0 aliphatic rings. The Balaban J connectivity index is 2.44. The van der Waals surface area contributed by atoms with Gasteiger partial charge >= 0.3 is 5.97 Å². The zero-order valence-electron chi connectivity index (χ0n) is 8.84. The molecule has 2 aromatic rings. The number of pyridine rings is 1. The molecule has 0 aliphatic heterocycles. The molecule has 3 heteroatoms. The van der Waals surface area contributed by atoms with Crippen molar-refractivity contribution < 1.29 is 9.90 Å². The van der Waals surface area contributed by atoms with E-state index in [0.29, 0.717) is 5.69 Å². The largest absolute Gasteiger partial charge is 0.477 e. The summed E-state index contributed by atoms with van der Waals surface area (Å²) in [4.78, 5) is 14.8. The van der Waals surface area contributed by atoms with E-state index >= 15 is 0 Å². The van der Waals surface area contributed by atoms with Crippen molar-refractivity contribution in [1.82, 2.24) is 4.98 Å². The third-order valence-corrected chi connectivity index (χ3v) is 2.32. The van der Waals surface area contributed by atoms with Crippen LogP contribution in [0.5, 0.6) is 0 Å². The third kappa shape index (κ3) is 2.08. The van der Waals surface area contributed by atoms with E-state index in [1.807, 2.05) is 31.2 Å². The number of hydrogen-bond donors (Lipinski definition) is 1. The standard InChI is InChI=1S/C13H11NO2/c1-9-5-7-10(8-6-9)11-3-2-4-12(14-11)13(15)16/h2-8H,1H3,(H,15,16). The smallest absolute Gasteiger partial charge is 0.354 e. The first kappa shape index (κ1) is 10.4. The molecule has 1 aromatic carbocycles. The topological polar surface area (TPSA) is 50.2 Å². The molecule has 0 unspecified atom stereocenters. The molecule has 0 spiro atoms. The van der Waals surface area contributed by atoms with Gasteiger partial charge in [-0.3, -0.25) is 0 Å². The van der Waals surface area contributed by atoms with Crippen molar-refractivity contribution in [3.05, 3.63) is 53.7 Å². The van der Waals surface area contributed by atoms with E-state index in [4.69, 9.17) is 5.11 Å². The lowest BCUT2D eigenvalue weighted by Crippen LogP contribution is -2.00. The van der Waals surface area contributed by atoms with Gasteiger partial charge in [-0.05, 0) is 19.1 Å². The maximum atomic E-state index is 10.8. The molecule has 0 saturated carbocycles. The second kappa shape index (κ2) is 4.14. The van der Waals surface area contributed by atoms with Crippen LogP contribution in [0.25, 0.3) is 11.3 Å². The first-order chi connectivity index (χ1) is 7.66. The summed E-state index contributed by atoms with van der Waals surface area (Å²) in [6, 6.07) is 12.8. The van der Waals surface area contributed by atoms with Gasteiger partial charge in [-0.1, -0.05) is 35.9 Å². The van der Waals surface area contributed by atoms with Gasteiger partial charge in [0.25, 0.3) is 0 Å². The van der Waals surface area contributed by atoms with Crippen LogP contribution in [0.3, 0.4) is 0 Å². The number of carbonyl (C=O) groups is 1. The fourth-order valence-corrected chi connectivity index (χ4v) is 1.44. The normalized spacial score (nSPS) is 10.1. The highest BCUT2D eigenvalue weighted by molar-refractivity contribution is 5.86. The summed E-state index contributed by atoms with van der Waals surface area (Å²) < 4.78 is 0. The lowest BCUT2D eigenvalue weighted by atomic mass is 10.1. The molecular formula is C13H11NO2. The number of hydrogen-bond acceptors (Lipinski definition) is 2. The molecule has 0 aliphatic carbocycles. The number of carboxylic acids is 1. The van der Waals surface area contributed by atoms with E-state index in [1.165, 1.54) is 6.07 Å². The Morgan fingerprint density at radius 2 is 1.81 bits per heavy atom. The van der Waals surface area contributed by atoms with E-state index in [9.17, 15) is 4.79 Å². The highest BCUT2D eigenvalue weighted by Crippen LogP contribution is 2.17. The Kier molecular flexibility index (Phi) is 2.68. The minimum atomic E-state index is -1.01. The Hall–Kier alpha value is -2.16. The Morgan fingerprint density at radius 1 is 1.12 bits per heavy atom. The van der Waals surface area contributed by atoms with Gasteiger partial charge in [-0.2, -0.15) is 0 Å². The van der Waals surface area contributed by atoms with Gasteiger partial charge in [0.15, 0.2) is 0 Å². The fraction of sp³-hybridized carbons (Fsp3) is 0.0769. The molecule has 0 radical (unpaired) electrons. The van der Waals surface area contributed by atoms with Crippen molar-refractivity contribution in [3.63, 3.8) is 0 Å². The summed E-state index contributed by atoms with van der Waals surface area (Å²) in [5.41, 5.74) is 2.84. The van der Waals surface area contributed by atoms with Gasteiger partial charge in [0.05, 0.1) is 5.69 Å². The minimum Gasteiger partial charge on any atom is -0.477 e. The molecule has 0 bridgehead atoms. The average molecular weight is 213 g/mol. The summed E-state index contributed by atoms with van der Waals surface area (Å²) in [5.74, 6) is -1.01.